The number of nitrogens with one attached hydrogen (secondary N) is 1. The molecule has 0 aromatic heterocycles. The highest BCUT2D eigenvalue weighted by atomic mass is 19.2. The summed E-state index contributed by atoms with van der Waals surface area (Å²) < 4.78 is 26.2. The molecule has 2 nitrogen and oxygen atoms in total. The molecule has 1 N–H and O–H groups in total. The van der Waals surface area contributed by atoms with E-state index in [1.165, 1.54) is 12.1 Å². The van der Waals surface area contributed by atoms with E-state index in [1.807, 2.05) is 7.05 Å². The van der Waals surface area contributed by atoms with Crippen LogP contribution >= 0.6 is 0 Å². The molecule has 1 heterocycles. The van der Waals surface area contributed by atoms with Gasteiger partial charge in [0.1, 0.15) is 0 Å². The standard InChI is InChI=1S/C15H22F2N2/c1-11(13-3-4-14(16)15(17)9-13)19-7-5-12(6-8-19)10-18-2/h3-4,9,11-12,18H,5-8,10H2,1-2H3. The molecule has 1 saturated heterocycles. The normalized spacial score (nSPS) is 19.6. The van der Waals surface area contributed by atoms with E-state index < -0.39 is 11.6 Å². The molecule has 0 saturated carbocycles. The minimum absolute atomic E-state index is 0.144. The Labute approximate surface area is 113 Å². The molecule has 0 bridgehead atoms. The molecule has 1 atom stereocenters. The number of hydrogen-bond acceptors (Lipinski definition) is 2. The predicted molar refractivity (Wildman–Crippen MR) is 73.0 cm³/mol. The third-order valence-corrected chi connectivity index (χ3v) is 4.12. The van der Waals surface area contributed by atoms with E-state index in [0.717, 1.165) is 44.0 Å². The lowest BCUT2D eigenvalue weighted by Gasteiger charge is -2.36. The maximum atomic E-state index is 13.3. The third-order valence-electron chi connectivity index (χ3n) is 4.12. The molecule has 1 unspecified atom stereocenters. The van der Waals surface area contributed by atoms with Crippen molar-refractivity contribution in [3.05, 3.63) is 35.4 Å². The van der Waals surface area contributed by atoms with E-state index in [9.17, 15) is 8.78 Å². The van der Waals surface area contributed by atoms with Crippen molar-refractivity contribution in [2.24, 2.45) is 5.92 Å². The first-order valence-electron chi connectivity index (χ1n) is 6.95. The maximum absolute atomic E-state index is 13.3. The van der Waals surface area contributed by atoms with E-state index >= 15 is 0 Å². The van der Waals surface area contributed by atoms with Crippen LogP contribution in [0.4, 0.5) is 8.78 Å². The van der Waals surface area contributed by atoms with Crippen LogP contribution in [0.2, 0.25) is 0 Å². The first-order chi connectivity index (χ1) is 9.11. The lowest BCUT2D eigenvalue weighted by atomic mass is 9.94. The summed E-state index contributed by atoms with van der Waals surface area (Å²) in [7, 11) is 1.98. The largest absolute Gasteiger partial charge is 0.319 e. The van der Waals surface area contributed by atoms with Gasteiger partial charge in [-0.15, -0.1) is 0 Å². The van der Waals surface area contributed by atoms with E-state index in [-0.39, 0.29) is 6.04 Å². The zero-order valence-electron chi connectivity index (χ0n) is 11.6. The van der Waals surface area contributed by atoms with Crippen molar-refractivity contribution < 1.29 is 8.78 Å². The van der Waals surface area contributed by atoms with E-state index in [2.05, 4.69) is 17.1 Å². The number of piperidine rings is 1. The van der Waals surface area contributed by atoms with Crippen molar-refractivity contribution in [3.8, 4) is 0 Å². The second-order valence-electron chi connectivity index (χ2n) is 5.39. The van der Waals surface area contributed by atoms with Crippen molar-refractivity contribution in [1.29, 1.82) is 0 Å². The highest BCUT2D eigenvalue weighted by molar-refractivity contribution is 5.21. The number of hydrogen-bond donors (Lipinski definition) is 1. The Morgan fingerprint density at radius 3 is 2.53 bits per heavy atom. The summed E-state index contributed by atoms with van der Waals surface area (Å²) in [6.07, 6.45) is 2.32. The maximum Gasteiger partial charge on any atom is 0.159 e. The molecule has 0 amide bonds. The van der Waals surface area contributed by atoms with Gasteiger partial charge in [0.15, 0.2) is 11.6 Å². The predicted octanol–water partition coefficient (Wildman–Crippen LogP) is 2.96. The van der Waals surface area contributed by atoms with Crippen LogP contribution in [0.3, 0.4) is 0 Å². The lowest BCUT2D eigenvalue weighted by Crippen LogP contribution is -2.38. The zero-order valence-corrected chi connectivity index (χ0v) is 11.6. The molecule has 1 fully saturated rings. The Balaban J connectivity index is 1.97. The summed E-state index contributed by atoms with van der Waals surface area (Å²) in [5, 5.41) is 3.22. The molecule has 1 aliphatic heterocycles. The van der Waals surface area contributed by atoms with E-state index in [4.69, 9.17) is 0 Å². The minimum Gasteiger partial charge on any atom is -0.319 e. The molecule has 2 rings (SSSR count). The Kier molecular flexibility index (Phi) is 4.88. The molecule has 0 spiro atoms. The average Bonchev–Trinajstić information content (AvgIpc) is 2.42. The monoisotopic (exact) mass is 268 g/mol. The quantitative estimate of drug-likeness (QED) is 0.903. The second kappa shape index (κ2) is 6.44. The van der Waals surface area contributed by atoms with Crippen LogP contribution in [0.15, 0.2) is 18.2 Å². The molecule has 19 heavy (non-hydrogen) atoms. The number of rotatable bonds is 4. The molecule has 106 valence electrons. The smallest absolute Gasteiger partial charge is 0.159 e. The number of benzene rings is 1. The molecular formula is C15H22F2N2. The fourth-order valence-corrected chi connectivity index (χ4v) is 2.82. The number of halogens is 2. The fraction of sp³-hybridized carbons (Fsp3) is 0.600. The third kappa shape index (κ3) is 3.51. The van der Waals surface area contributed by atoms with Crippen molar-refractivity contribution in [2.75, 3.05) is 26.7 Å². The van der Waals surface area contributed by atoms with Gasteiger partial charge in [-0.05, 0) is 70.1 Å². The fourth-order valence-electron chi connectivity index (χ4n) is 2.82. The highest BCUT2D eigenvalue weighted by Crippen LogP contribution is 2.27. The van der Waals surface area contributed by atoms with Gasteiger partial charge in [0.2, 0.25) is 0 Å². The van der Waals surface area contributed by atoms with Gasteiger partial charge in [-0.1, -0.05) is 6.07 Å². The molecule has 1 aromatic carbocycles. The molecule has 1 aromatic rings. The molecule has 0 radical (unpaired) electrons. The van der Waals surface area contributed by atoms with Crippen molar-refractivity contribution in [3.63, 3.8) is 0 Å². The molecule has 4 heteroatoms. The summed E-state index contributed by atoms with van der Waals surface area (Å²) in [6, 6.07) is 4.36. The summed E-state index contributed by atoms with van der Waals surface area (Å²) in [4.78, 5) is 2.35. The summed E-state index contributed by atoms with van der Waals surface area (Å²) >= 11 is 0. The summed E-state index contributed by atoms with van der Waals surface area (Å²) in [5.41, 5.74) is 0.853. The van der Waals surface area contributed by atoms with Gasteiger partial charge in [-0.2, -0.15) is 0 Å². The summed E-state index contributed by atoms with van der Waals surface area (Å²) in [5.74, 6) is -0.795. The van der Waals surface area contributed by atoms with Crippen molar-refractivity contribution >= 4 is 0 Å². The molecule has 0 aliphatic carbocycles. The van der Waals surface area contributed by atoms with Crippen LogP contribution in [0, 0.1) is 17.6 Å². The lowest BCUT2D eigenvalue weighted by molar-refractivity contribution is 0.141. The zero-order chi connectivity index (χ0) is 13.8. The number of nitrogens with zero attached hydrogens (tertiary/aromatic N) is 1. The van der Waals surface area contributed by atoms with Gasteiger partial charge in [0.05, 0.1) is 0 Å². The Morgan fingerprint density at radius 1 is 1.26 bits per heavy atom. The van der Waals surface area contributed by atoms with Gasteiger partial charge in [-0.25, -0.2) is 8.78 Å². The van der Waals surface area contributed by atoms with Crippen LogP contribution in [0.1, 0.15) is 31.4 Å². The van der Waals surface area contributed by atoms with Gasteiger partial charge >= 0.3 is 0 Å². The van der Waals surface area contributed by atoms with Crippen LogP contribution < -0.4 is 5.32 Å². The van der Waals surface area contributed by atoms with Gasteiger partial charge < -0.3 is 5.32 Å². The van der Waals surface area contributed by atoms with Gasteiger partial charge in [0, 0.05) is 6.04 Å². The summed E-state index contributed by atoms with van der Waals surface area (Å²) in [6.45, 7) is 5.16. The second-order valence-corrected chi connectivity index (χ2v) is 5.39. The first kappa shape index (κ1) is 14.4. The average molecular weight is 268 g/mol. The Morgan fingerprint density at radius 2 is 1.95 bits per heavy atom. The van der Waals surface area contributed by atoms with Crippen molar-refractivity contribution in [2.45, 2.75) is 25.8 Å². The molecule has 1 aliphatic rings. The van der Waals surface area contributed by atoms with E-state index in [0.29, 0.717) is 0 Å². The first-order valence-corrected chi connectivity index (χ1v) is 6.95. The van der Waals surface area contributed by atoms with E-state index in [1.54, 1.807) is 6.07 Å². The SMILES string of the molecule is CNCC1CCN(C(C)c2ccc(F)c(F)c2)CC1. The Bertz CT molecular complexity index is 415. The molecular weight excluding hydrogens is 246 g/mol. The number of likely N-dealkylation sites (tertiary alicyclic amines) is 1. The topological polar surface area (TPSA) is 15.3 Å². The van der Waals surface area contributed by atoms with Crippen LogP contribution in [-0.2, 0) is 0 Å². The minimum atomic E-state index is -0.774. The highest BCUT2D eigenvalue weighted by Gasteiger charge is 2.23. The van der Waals surface area contributed by atoms with Crippen LogP contribution in [0.25, 0.3) is 0 Å². The van der Waals surface area contributed by atoms with Gasteiger partial charge in [-0.3, -0.25) is 4.90 Å². The van der Waals surface area contributed by atoms with Crippen LogP contribution in [0.5, 0.6) is 0 Å². The van der Waals surface area contributed by atoms with Crippen molar-refractivity contribution in [1.82, 2.24) is 10.2 Å². The van der Waals surface area contributed by atoms with Gasteiger partial charge in [0.25, 0.3) is 0 Å². The van der Waals surface area contributed by atoms with Crippen LogP contribution in [-0.4, -0.2) is 31.6 Å². The Hall–Kier alpha value is -1.00.